The first-order valence-electron chi connectivity index (χ1n) is 16.8. The van der Waals surface area contributed by atoms with E-state index in [1.165, 1.54) is 95.3 Å². The van der Waals surface area contributed by atoms with E-state index in [4.69, 9.17) is 4.74 Å². The van der Waals surface area contributed by atoms with E-state index in [1.54, 1.807) is 6.07 Å². The number of amides is 2. The van der Waals surface area contributed by atoms with Gasteiger partial charge in [0, 0.05) is 30.2 Å². The molecule has 0 N–H and O–H groups in total. The lowest BCUT2D eigenvalue weighted by Gasteiger charge is -2.25. The number of carbonyl (C=O) groups is 2. The Morgan fingerprint density at radius 3 is 1.86 bits per heavy atom. The first kappa shape index (κ1) is 39.1. The molecule has 242 valence electrons. The van der Waals surface area contributed by atoms with Gasteiger partial charge < -0.3 is 28.7 Å². The van der Waals surface area contributed by atoms with Gasteiger partial charge in [-0.2, -0.15) is 0 Å². The SMILES string of the molecule is CCCCCCCCCCCCCCCCOc1ccc(C(=O)N(Cc2cccc[n+]2CC)C(C)=O)cc1C(C)(C)C.[I-]. The van der Waals surface area contributed by atoms with Crippen LogP contribution < -0.4 is 33.3 Å². The molecule has 0 saturated heterocycles. The van der Waals surface area contributed by atoms with Crippen molar-refractivity contribution in [3.05, 3.63) is 59.4 Å². The molecular weight excluding hydrogens is 647 g/mol. The number of ether oxygens (including phenoxy) is 1. The number of unbranched alkanes of at least 4 members (excludes halogenated alkanes) is 13. The smallest absolute Gasteiger partial charge is 0.260 e. The highest BCUT2D eigenvalue weighted by Gasteiger charge is 2.27. The van der Waals surface area contributed by atoms with Gasteiger partial charge in [0.1, 0.15) is 18.8 Å². The second-order valence-corrected chi connectivity index (χ2v) is 12.8. The summed E-state index contributed by atoms with van der Waals surface area (Å²) in [4.78, 5) is 27.4. The summed E-state index contributed by atoms with van der Waals surface area (Å²) < 4.78 is 8.30. The van der Waals surface area contributed by atoms with E-state index < -0.39 is 0 Å². The Balaban J connectivity index is 0.00000924. The van der Waals surface area contributed by atoms with Crippen molar-refractivity contribution in [2.45, 2.75) is 150 Å². The van der Waals surface area contributed by atoms with Crippen LogP contribution in [0.3, 0.4) is 0 Å². The predicted molar refractivity (Wildman–Crippen MR) is 174 cm³/mol. The minimum absolute atomic E-state index is 0. The molecule has 1 aromatic heterocycles. The third kappa shape index (κ3) is 14.6. The summed E-state index contributed by atoms with van der Waals surface area (Å²) in [6.07, 6.45) is 20.7. The Kier molecular flexibility index (Phi) is 19.7. The largest absolute Gasteiger partial charge is 1.00 e. The quantitative estimate of drug-likeness (QED) is 0.0918. The zero-order chi connectivity index (χ0) is 30.8. The van der Waals surface area contributed by atoms with Crippen molar-refractivity contribution < 1.29 is 42.9 Å². The van der Waals surface area contributed by atoms with Gasteiger partial charge in [0.15, 0.2) is 6.20 Å². The Morgan fingerprint density at radius 1 is 0.791 bits per heavy atom. The monoisotopic (exact) mass is 706 g/mol. The molecule has 6 heteroatoms. The van der Waals surface area contributed by atoms with Crippen molar-refractivity contribution in [2.75, 3.05) is 6.61 Å². The minimum atomic E-state index is -0.280. The fourth-order valence-corrected chi connectivity index (χ4v) is 5.46. The van der Waals surface area contributed by atoms with Crippen molar-refractivity contribution in [3.63, 3.8) is 0 Å². The average molecular weight is 707 g/mol. The van der Waals surface area contributed by atoms with E-state index in [0.29, 0.717) is 12.2 Å². The number of rotatable bonds is 20. The second-order valence-electron chi connectivity index (χ2n) is 12.8. The van der Waals surface area contributed by atoms with Gasteiger partial charge in [0.05, 0.1) is 6.61 Å². The maximum absolute atomic E-state index is 13.5. The molecule has 43 heavy (non-hydrogen) atoms. The lowest BCUT2D eigenvalue weighted by atomic mass is 9.85. The highest BCUT2D eigenvalue weighted by Crippen LogP contribution is 2.33. The molecule has 0 aliphatic rings. The summed E-state index contributed by atoms with van der Waals surface area (Å²) >= 11 is 0. The zero-order valence-corrected chi connectivity index (χ0v) is 30.2. The molecule has 1 heterocycles. The van der Waals surface area contributed by atoms with Crippen molar-refractivity contribution in [1.82, 2.24) is 4.90 Å². The summed E-state index contributed by atoms with van der Waals surface area (Å²) in [5, 5.41) is 0. The number of carbonyl (C=O) groups excluding carboxylic acids is 2. The Bertz CT molecular complexity index is 1080. The topological polar surface area (TPSA) is 50.5 Å². The molecule has 0 saturated carbocycles. The lowest BCUT2D eigenvalue weighted by Crippen LogP contribution is -3.00. The molecule has 0 bridgehead atoms. The molecule has 0 spiro atoms. The van der Waals surface area contributed by atoms with Crippen LogP contribution in [0.15, 0.2) is 42.6 Å². The summed E-state index contributed by atoms with van der Waals surface area (Å²) in [7, 11) is 0. The number of halogens is 1. The molecule has 0 unspecified atom stereocenters. The number of hydrogen-bond donors (Lipinski definition) is 0. The predicted octanol–water partition coefficient (Wildman–Crippen LogP) is 6.34. The van der Waals surface area contributed by atoms with Gasteiger partial charge in [-0.05, 0) is 37.0 Å². The summed E-state index contributed by atoms with van der Waals surface area (Å²) in [6.45, 7) is 13.9. The molecule has 0 atom stereocenters. The molecular formula is C37H59IN2O3. The van der Waals surface area contributed by atoms with Crippen molar-refractivity contribution in [1.29, 1.82) is 0 Å². The number of aromatic nitrogens is 1. The lowest BCUT2D eigenvalue weighted by molar-refractivity contribution is -0.701. The average Bonchev–Trinajstić information content (AvgIpc) is 2.97. The molecule has 0 aliphatic heterocycles. The van der Waals surface area contributed by atoms with E-state index in [-0.39, 0.29) is 47.8 Å². The summed E-state index contributed by atoms with van der Waals surface area (Å²) in [5.74, 6) is 0.287. The van der Waals surface area contributed by atoms with Crippen LogP contribution in [0.1, 0.15) is 153 Å². The third-order valence-corrected chi connectivity index (χ3v) is 8.11. The molecule has 5 nitrogen and oxygen atoms in total. The van der Waals surface area contributed by atoms with Crippen LogP contribution in [-0.4, -0.2) is 23.3 Å². The normalized spacial score (nSPS) is 11.2. The number of benzene rings is 1. The fraction of sp³-hybridized carbons (Fsp3) is 0.649. The van der Waals surface area contributed by atoms with Crippen molar-refractivity contribution in [2.24, 2.45) is 0 Å². The molecule has 2 aromatic rings. The van der Waals surface area contributed by atoms with Gasteiger partial charge >= 0.3 is 0 Å². The van der Waals surface area contributed by atoms with Gasteiger partial charge in [-0.15, -0.1) is 0 Å². The second kappa shape index (κ2) is 21.7. The van der Waals surface area contributed by atoms with Crippen LogP contribution in [0.2, 0.25) is 0 Å². The first-order chi connectivity index (χ1) is 20.2. The fourth-order valence-electron chi connectivity index (χ4n) is 5.46. The van der Waals surface area contributed by atoms with E-state index in [2.05, 4.69) is 39.2 Å². The molecule has 0 aliphatic carbocycles. The van der Waals surface area contributed by atoms with E-state index >= 15 is 0 Å². The zero-order valence-electron chi connectivity index (χ0n) is 28.1. The molecule has 0 radical (unpaired) electrons. The molecule has 2 amide bonds. The maximum atomic E-state index is 13.5. The van der Waals surface area contributed by atoms with Crippen LogP contribution in [0.5, 0.6) is 5.75 Å². The van der Waals surface area contributed by atoms with Gasteiger partial charge in [0.2, 0.25) is 11.6 Å². The number of hydrogen-bond acceptors (Lipinski definition) is 3. The van der Waals surface area contributed by atoms with Crippen LogP contribution in [0, 0.1) is 0 Å². The highest BCUT2D eigenvalue weighted by molar-refractivity contribution is 6.04. The summed E-state index contributed by atoms with van der Waals surface area (Å²) in [6, 6.07) is 11.5. The van der Waals surface area contributed by atoms with Crippen LogP contribution in [0.4, 0.5) is 0 Å². The van der Waals surface area contributed by atoms with E-state index in [0.717, 1.165) is 30.0 Å². The van der Waals surface area contributed by atoms with Gasteiger partial charge in [-0.3, -0.25) is 14.5 Å². The first-order valence-corrected chi connectivity index (χ1v) is 16.8. The Morgan fingerprint density at radius 2 is 1.35 bits per heavy atom. The molecule has 0 fully saturated rings. The van der Waals surface area contributed by atoms with Crippen molar-refractivity contribution in [3.8, 4) is 5.75 Å². The van der Waals surface area contributed by atoms with E-state index in [1.807, 2.05) is 36.5 Å². The number of imide groups is 1. The summed E-state index contributed by atoms with van der Waals surface area (Å²) in [5.41, 5.74) is 2.23. The van der Waals surface area contributed by atoms with Crippen molar-refractivity contribution >= 4 is 11.8 Å². The van der Waals surface area contributed by atoms with Gasteiger partial charge in [-0.25, -0.2) is 4.57 Å². The number of nitrogens with zero attached hydrogens (tertiary/aromatic N) is 2. The number of aryl methyl sites for hydroxylation is 1. The third-order valence-electron chi connectivity index (χ3n) is 8.11. The number of pyridine rings is 1. The van der Waals surface area contributed by atoms with E-state index in [9.17, 15) is 9.59 Å². The highest BCUT2D eigenvalue weighted by atomic mass is 127. The van der Waals surface area contributed by atoms with Gasteiger partial charge in [-0.1, -0.05) is 117 Å². The molecule has 2 rings (SSSR count). The van der Waals surface area contributed by atoms with Crippen LogP contribution in [0.25, 0.3) is 0 Å². The minimum Gasteiger partial charge on any atom is -1.00 e. The Labute approximate surface area is 280 Å². The maximum Gasteiger partial charge on any atom is 0.260 e. The van der Waals surface area contributed by atoms with Crippen LogP contribution >= 0.6 is 0 Å². The standard InChI is InChI=1S/C37H59N2O3.HI/c1-7-9-10-11-12-13-14-15-16-17-18-19-20-23-28-42-35-26-25-32(29-34(35)37(4,5)6)36(41)39(31(3)40)30-33-24-21-22-27-38(33)8-2;/h21-22,24-27,29H,7-20,23,28,30H2,1-6H3;1H/q+1;/p-1. The molecule has 1 aromatic carbocycles. The Hall–Kier alpha value is -1.96. The van der Waals surface area contributed by atoms with Crippen LogP contribution in [-0.2, 0) is 23.3 Å². The van der Waals surface area contributed by atoms with Gasteiger partial charge in [0.25, 0.3) is 5.91 Å².